The molecule has 1 aromatic carbocycles. The third-order valence-corrected chi connectivity index (χ3v) is 3.92. The molecule has 18 heavy (non-hydrogen) atoms. The molecule has 3 atom stereocenters. The summed E-state index contributed by atoms with van der Waals surface area (Å²) < 4.78 is 11.3. The van der Waals surface area contributed by atoms with Gasteiger partial charge in [0.05, 0.1) is 15.1 Å². The molecule has 0 spiro atoms. The molecular formula is C12H14Cl3NO2. The number of nitrogens with two attached hydrogens (primary N) is 1. The van der Waals surface area contributed by atoms with Crippen LogP contribution in [0.3, 0.4) is 0 Å². The van der Waals surface area contributed by atoms with Crippen molar-refractivity contribution in [2.75, 3.05) is 6.61 Å². The lowest BCUT2D eigenvalue weighted by Crippen LogP contribution is -2.59. The minimum Gasteiger partial charge on any atom is -0.486 e. The lowest BCUT2D eigenvalue weighted by atomic mass is 9.86. The van der Waals surface area contributed by atoms with Crippen molar-refractivity contribution in [2.24, 2.45) is 5.73 Å². The van der Waals surface area contributed by atoms with Crippen molar-refractivity contribution in [3.05, 3.63) is 27.2 Å². The fraction of sp³-hybridized carbons (Fsp3) is 0.500. The molecule has 6 heteroatoms. The predicted molar refractivity (Wildman–Crippen MR) is 73.9 cm³/mol. The average Bonchev–Trinajstić information content (AvgIpc) is 2.32. The van der Waals surface area contributed by atoms with E-state index >= 15 is 0 Å². The van der Waals surface area contributed by atoms with E-state index in [1.807, 2.05) is 6.92 Å². The van der Waals surface area contributed by atoms with E-state index in [-0.39, 0.29) is 18.2 Å². The smallest absolute Gasteiger partial charge is 0.140 e. The summed E-state index contributed by atoms with van der Waals surface area (Å²) in [6.45, 7) is 2.53. The highest BCUT2D eigenvalue weighted by molar-refractivity contribution is 6.43. The first-order chi connectivity index (χ1) is 8.52. The van der Waals surface area contributed by atoms with Crippen LogP contribution in [0.1, 0.15) is 13.3 Å². The molecule has 1 saturated carbocycles. The molecule has 2 N–H and O–H groups in total. The van der Waals surface area contributed by atoms with Crippen molar-refractivity contribution >= 4 is 34.8 Å². The zero-order valence-electron chi connectivity index (χ0n) is 9.83. The Kier molecular flexibility index (Phi) is 4.62. The van der Waals surface area contributed by atoms with Gasteiger partial charge in [0.2, 0.25) is 0 Å². The Morgan fingerprint density at radius 2 is 1.89 bits per heavy atom. The Bertz CT molecular complexity index is 442. The van der Waals surface area contributed by atoms with Crippen LogP contribution in [0.5, 0.6) is 5.75 Å². The maximum absolute atomic E-state index is 6.05. The zero-order chi connectivity index (χ0) is 13.3. The summed E-state index contributed by atoms with van der Waals surface area (Å²) in [5.74, 6) is 0.507. The van der Waals surface area contributed by atoms with Gasteiger partial charge < -0.3 is 15.2 Å². The van der Waals surface area contributed by atoms with Gasteiger partial charge in [0.1, 0.15) is 18.0 Å². The highest BCUT2D eigenvalue weighted by Crippen LogP contribution is 2.37. The van der Waals surface area contributed by atoms with Gasteiger partial charge in [-0.3, -0.25) is 0 Å². The van der Waals surface area contributed by atoms with Crippen molar-refractivity contribution in [3.8, 4) is 5.75 Å². The van der Waals surface area contributed by atoms with Gasteiger partial charge >= 0.3 is 0 Å². The second-order valence-electron chi connectivity index (χ2n) is 4.17. The van der Waals surface area contributed by atoms with E-state index in [0.29, 0.717) is 27.4 Å². The number of rotatable bonds is 4. The topological polar surface area (TPSA) is 44.5 Å². The average molecular weight is 311 g/mol. The monoisotopic (exact) mass is 309 g/mol. The maximum Gasteiger partial charge on any atom is 0.140 e. The minimum atomic E-state index is -0.0967. The van der Waals surface area contributed by atoms with Crippen LogP contribution in [-0.2, 0) is 4.74 Å². The van der Waals surface area contributed by atoms with Crippen LogP contribution < -0.4 is 10.5 Å². The maximum atomic E-state index is 6.05. The number of hydrogen-bond donors (Lipinski definition) is 1. The van der Waals surface area contributed by atoms with Crippen molar-refractivity contribution in [1.29, 1.82) is 0 Å². The van der Waals surface area contributed by atoms with Gasteiger partial charge in [-0.15, -0.1) is 0 Å². The van der Waals surface area contributed by atoms with Crippen LogP contribution in [0.15, 0.2) is 12.1 Å². The van der Waals surface area contributed by atoms with Gasteiger partial charge in [0, 0.05) is 25.1 Å². The first-order valence-electron chi connectivity index (χ1n) is 5.71. The van der Waals surface area contributed by atoms with E-state index in [1.54, 1.807) is 12.1 Å². The highest BCUT2D eigenvalue weighted by atomic mass is 35.5. The summed E-state index contributed by atoms with van der Waals surface area (Å²) in [5.41, 5.74) is 5.86. The van der Waals surface area contributed by atoms with Gasteiger partial charge in [-0.2, -0.15) is 0 Å². The van der Waals surface area contributed by atoms with Gasteiger partial charge in [0.15, 0.2) is 0 Å². The van der Waals surface area contributed by atoms with Crippen LogP contribution in [-0.4, -0.2) is 24.9 Å². The molecule has 1 aliphatic carbocycles. The first-order valence-corrected chi connectivity index (χ1v) is 6.84. The summed E-state index contributed by atoms with van der Waals surface area (Å²) in [5, 5.41) is 1.24. The molecule has 1 aliphatic rings. The first kappa shape index (κ1) is 14.2. The van der Waals surface area contributed by atoms with Gasteiger partial charge in [-0.25, -0.2) is 0 Å². The fourth-order valence-electron chi connectivity index (χ4n) is 1.91. The molecule has 0 aromatic heterocycles. The van der Waals surface area contributed by atoms with E-state index in [2.05, 4.69) is 0 Å². The van der Waals surface area contributed by atoms with Crippen molar-refractivity contribution in [1.82, 2.24) is 0 Å². The molecule has 0 bridgehead atoms. The predicted octanol–water partition coefficient (Wildman–Crippen LogP) is 3.53. The molecule has 0 saturated heterocycles. The molecule has 0 aliphatic heterocycles. The highest BCUT2D eigenvalue weighted by Gasteiger charge is 2.41. The van der Waals surface area contributed by atoms with Crippen LogP contribution in [0.2, 0.25) is 15.1 Å². The summed E-state index contributed by atoms with van der Waals surface area (Å²) in [7, 11) is 0. The van der Waals surface area contributed by atoms with E-state index in [1.165, 1.54) is 0 Å². The summed E-state index contributed by atoms with van der Waals surface area (Å²) in [6.07, 6.45) is 0.552. The molecule has 0 heterocycles. The standard InChI is InChI=1S/C12H14Cl3NO2/c1-2-17-12-9(16)5-11(12)18-10-4-7(14)6(13)3-8(10)15/h3-4,9,11-12H,2,5,16H2,1H3. The SMILES string of the molecule is CCOC1C(N)CC1Oc1cc(Cl)c(Cl)cc1Cl. The Balaban J connectivity index is 2.08. The Morgan fingerprint density at radius 3 is 2.50 bits per heavy atom. The van der Waals surface area contributed by atoms with Crippen molar-refractivity contribution in [2.45, 2.75) is 31.6 Å². The number of benzene rings is 1. The van der Waals surface area contributed by atoms with E-state index in [9.17, 15) is 0 Å². The number of hydrogen-bond acceptors (Lipinski definition) is 3. The normalized spacial score (nSPS) is 26.8. The molecule has 1 aromatic rings. The molecule has 2 rings (SSSR count). The molecule has 1 fully saturated rings. The Hall–Kier alpha value is -0.190. The lowest BCUT2D eigenvalue weighted by Gasteiger charge is -2.41. The fourth-order valence-corrected chi connectivity index (χ4v) is 2.49. The third-order valence-electron chi connectivity index (χ3n) is 2.91. The number of ether oxygens (including phenoxy) is 2. The quantitative estimate of drug-likeness (QED) is 0.865. The van der Waals surface area contributed by atoms with Crippen molar-refractivity contribution in [3.63, 3.8) is 0 Å². The second-order valence-corrected chi connectivity index (χ2v) is 5.39. The van der Waals surface area contributed by atoms with Crippen LogP contribution >= 0.6 is 34.8 Å². The van der Waals surface area contributed by atoms with Crippen LogP contribution in [0.25, 0.3) is 0 Å². The second kappa shape index (κ2) is 5.85. The summed E-state index contributed by atoms with van der Waals surface area (Å²) in [6, 6.07) is 3.19. The number of halogens is 3. The van der Waals surface area contributed by atoms with Gasteiger partial charge in [0.25, 0.3) is 0 Å². The van der Waals surface area contributed by atoms with Crippen molar-refractivity contribution < 1.29 is 9.47 Å². The molecule has 0 amide bonds. The largest absolute Gasteiger partial charge is 0.486 e. The van der Waals surface area contributed by atoms with E-state index in [0.717, 1.165) is 6.42 Å². The summed E-state index contributed by atoms with van der Waals surface area (Å²) >= 11 is 17.8. The van der Waals surface area contributed by atoms with E-state index in [4.69, 9.17) is 50.0 Å². The Labute approximate surface area is 121 Å². The third kappa shape index (κ3) is 2.86. The Morgan fingerprint density at radius 1 is 1.22 bits per heavy atom. The molecule has 100 valence electrons. The van der Waals surface area contributed by atoms with E-state index < -0.39 is 0 Å². The van der Waals surface area contributed by atoms with Gasteiger partial charge in [-0.1, -0.05) is 34.8 Å². The zero-order valence-corrected chi connectivity index (χ0v) is 12.1. The summed E-state index contributed by atoms with van der Waals surface area (Å²) in [4.78, 5) is 0. The van der Waals surface area contributed by atoms with Crippen LogP contribution in [0.4, 0.5) is 0 Å². The molecular weight excluding hydrogens is 296 g/mol. The molecule has 3 nitrogen and oxygen atoms in total. The van der Waals surface area contributed by atoms with Crippen LogP contribution in [0, 0.1) is 0 Å². The molecule has 3 unspecified atom stereocenters. The van der Waals surface area contributed by atoms with Gasteiger partial charge in [-0.05, 0) is 13.0 Å². The molecule has 0 radical (unpaired) electrons. The minimum absolute atomic E-state index is 0.0106. The lowest BCUT2D eigenvalue weighted by molar-refractivity contribution is -0.0945.